The van der Waals surface area contributed by atoms with Crippen LogP contribution in [0.5, 0.6) is 0 Å². The summed E-state index contributed by atoms with van der Waals surface area (Å²) in [5.41, 5.74) is 2.20. The maximum Gasteiger partial charge on any atom is 0.191 e. The molecule has 2 heterocycles. The third kappa shape index (κ3) is 3.87. The molecule has 1 aromatic carbocycles. The van der Waals surface area contributed by atoms with Crippen molar-refractivity contribution < 1.29 is 0 Å². The van der Waals surface area contributed by atoms with Crippen molar-refractivity contribution in [2.24, 2.45) is 0 Å². The highest BCUT2D eigenvalue weighted by Crippen LogP contribution is 2.23. The van der Waals surface area contributed by atoms with Gasteiger partial charge in [-0.1, -0.05) is 54.2 Å². The molecule has 0 fully saturated rings. The molecule has 0 amide bonds. The van der Waals surface area contributed by atoms with Crippen LogP contribution in [0.15, 0.2) is 66.1 Å². The Bertz CT molecular complexity index is 766. The lowest BCUT2D eigenvalue weighted by molar-refractivity contribution is 0.687. The maximum atomic E-state index is 4.32. The Kier molecular flexibility index (Phi) is 5.21. The zero-order chi connectivity index (χ0) is 15.9. The van der Waals surface area contributed by atoms with Crippen molar-refractivity contribution in [2.45, 2.75) is 18.6 Å². The molecule has 0 aliphatic rings. The van der Waals surface area contributed by atoms with Crippen LogP contribution >= 0.6 is 11.8 Å². The van der Waals surface area contributed by atoms with E-state index in [0.29, 0.717) is 0 Å². The predicted octanol–water partition coefficient (Wildman–Crippen LogP) is 4.17. The molecular weight excluding hydrogens is 304 g/mol. The van der Waals surface area contributed by atoms with Crippen LogP contribution in [-0.4, -0.2) is 25.5 Å². The lowest BCUT2D eigenvalue weighted by Gasteiger charge is -2.06. The molecule has 0 radical (unpaired) electrons. The predicted molar refractivity (Wildman–Crippen MR) is 95.1 cm³/mol. The van der Waals surface area contributed by atoms with Crippen LogP contribution in [0, 0.1) is 0 Å². The Morgan fingerprint density at radius 1 is 1.09 bits per heavy atom. The number of nitrogens with zero attached hydrogens (tertiary/aromatic N) is 4. The van der Waals surface area contributed by atoms with Gasteiger partial charge in [0.1, 0.15) is 0 Å². The molecule has 3 rings (SSSR count). The molecule has 0 spiro atoms. The molecular formula is C18H18N4S. The molecule has 0 aliphatic carbocycles. The monoisotopic (exact) mass is 322 g/mol. The highest BCUT2D eigenvalue weighted by Gasteiger charge is 2.12. The fourth-order valence-corrected chi connectivity index (χ4v) is 3.07. The van der Waals surface area contributed by atoms with Gasteiger partial charge >= 0.3 is 0 Å². The minimum Gasteiger partial charge on any atom is -0.302 e. The number of hydrogen-bond acceptors (Lipinski definition) is 4. The van der Waals surface area contributed by atoms with Crippen molar-refractivity contribution in [1.82, 2.24) is 19.7 Å². The van der Waals surface area contributed by atoms with Crippen LogP contribution < -0.4 is 0 Å². The summed E-state index contributed by atoms with van der Waals surface area (Å²) in [6.45, 7) is 2.94. The lowest BCUT2D eigenvalue weighted by Crippen LogP contribution is -1.99. The standard InChI is InChI=1S/C18H18N4S/c1-2-22-17(16-11-6-12-19-14-16)20-21-18(22)23-13-7-10-15-8-4-3-5-9-15/h3-12,14H,2,13H2,1H3. The first-order valence-electron chi connectivity index (χ1n) is 7.56. The lowest BCUT2D eigenvalue weighted by atomic mass is 10.2. The molecule has 116 valence electrons. The van der Waals surface area contributed by atoms with Crippen LogP contribution in [0.4, 0.5) is 0 Å². The molecule has 0 N–H and O–H groups in total. The average Bonchev–Trinajstić information content (AvgIpc) is 3.03. The number of rotatable bonds is 6. The summed E-state index contributed by atoms with van der Waals surface area (Å²) in [5.74, 6) is 1.73. The SMILES string of the molecule is CCn1c(SCC=Cc2ccccc2)nnc1-c1cccnc1. The first kappa shape index (κ1) is 15.5. The number of hydrogen-bond donors (Lipinski definition) is 0. The van der Waals surface area contributed by atoms with Gasteiger partial charge in [0.05, 0.1) is 0 Å². The highest BCUT2D eigenvalue weighted by molar-refractivity contribution is 7.99. The Morgan fingerprint density at radius 2 is 1.96 bits per heavy atom. The summed E-state index contributed by atoms with van der Waals surface area (Å²) in [5, 5.41) is 9.58. The third-order valence-corrected chi connectivity index (χ3v) is 4.29. The molecule has 0 saturated heterocycles. The summed E-state index contributed by atoms with van der Waals surface area (Å²) in [6.07, 6.45) is 7.86. The maximum absolute atomic E-state index is 4.32. The van der Waals surface area contributed by atoms with E-state index in [1.807, 2.05) is 36.5 Å². The minimum atomic E-state index is 0.835. The first-order valence-corrected chi connectivity index (χ1v) is 8.55. The fraction of sp³-hybridized carbons (Fsp3) is 0.167. The van der Waals surface area contributed by atoms with E-state index in [0.717, 1.165) is 28.8 Å². The van der Waals surface area contributed by atoms with Crippen molar-refractivity contribution in [3.05, 3.63) is 66.5 Å². The second-order valence-corrected chi connectivity index (χ2v) is 5.90. The zero-order valence-corrected chi connectivity index (χ0v) is 13.8. The fourth-order valence-electron chi connectivity index (χ4n) is 2.26. The first-order chi connectivity index (χ1) is 11.4. The van der Waals surface area contributed by atoms with Crippen molar-refractivity contribution in [3.63, 3.8) is 0 Å². The quantitative estimate of drug-likeness (QED) is 0.639. The average molecular weight is 322 g/mol. The second-order valence-electron chi connectivity index (χ2n) is 4.92. The van der Waals surface area contributed by atoms with Gasteiger partial charge in [0, 0.05) is 30.3 Å². The van der Waals surface area contributed by atoms with Gasteiger partial charge in [-0.05, 0) is 24.6 Å². The summed E-state index contributed by atoms with van der Waals surface area (Å²) in [7, 11) is 0. The van der Waals surface area contributed by atoms with E-state index in [2.05, 4.69) is 51.0 Å². The summed E-state index contributed by atoms with van der Waals surface area (Å²) >= 11 is 1.69. The number of aromatic nitrogens is 4. The molecule has 0 aliphatic heterocycles. The molecule has 0 unspecified atom stereocenters. The van der Waals surface area contributed by atoms with Gasteiger partial charge in [-0.3, -0.25) is 4.98 Å². The number of thioether (sulfide) groups is 1. The van der Waals surface area contributed by atoms with Crippen LogP contribution in [-0.2, 0) is 6.54 Å². The summed E-state index contributed by atoms with van der Waals surface area (Å²) in [6, 6.07) is 14.2. The molecule has 0 saturated carbocycles. The number of benzene rings is 1. The van der Waals surface area contributed by atoms with E-state index in [4.69, 9.17) is 0 Å². The van der Waals surface area contributed by atoms with Crippen molar-refractivity contribution in [2.75, 3.05) is 5.75 Å². The van der Waals surface area contributed by atoms with Crippen molar-refractivity contribution >= 4 is 17.8 Å². The normalized spacial score (nSPS) is 11.2. The van der Waals surface area contributed by atoms with E-state index in [1.54, 1.807) is 18.0 Å². The van der Waals surface area contributed by atoms with Gasteiger partial charge in [0.25, 0.3) is 0 Å². The highest BCUT2D eigenvalue weighted by atomic mass is 32.2. The second kappa shape index (κ2) is 7.74. The van der Waals surface area contributed by atoms with Gasteiger partial charge in [0.2, 0.25) is 0 Å². The Morgan fingerprint density at radius 3 is 2.70 bits per heavy atom. The van der Waals surface area contributed by atoms with E-state index in [9.17, 15) is 0 Å². The minimum absolute atomic E-state index is 0.835. The topological polar surface area (TPSA) is 43.6 Å². The van der Waals surface area contributed by atoms with Gasteiger partial charge < -0.3 is 4.57 Å². The van der Waals surface area contributed by atoms with Gasteiger partial charge in [-0.2, -0.15) is 0 Å². The van der Waals surface area contributed by atoms with Gasteiger partial charge in [-0.15, -0.1) is 10.2 Å². The van der Waals surface area contributed by atoms with Crippen LogP contribution in [0.2, 0.25) is 0 Å². The van der Waals surface area contributed by atoms with E-state index in [1.165, 1.54) is 5.56 Å². The summed E-state index contributed by atoms with van der Waals surface area (Å²) in [4.78, 5) is 4.16. The van der Waals surface area contributed by atoms with E-state index in [-0.39, 0.29) is 0 Å². The zero-order valence-electron chi connectivity index (χ0n) is 13.0. The smallest absolute Gasteiger partial charge is 0.191 e. The largest absolute Gasteiger partial charge is 0.302 e. The van der Waals surface area contributed by atoms with Crippen molar-refractivity contribution in [3.8, 4) is 11.4 Å². The van der Waals surface area contributed by atoms with Gasteiger partial charge in [0.15, 0.2) is 11.0 Å². The molecule has 23 heavy (non-hydrogen) atoms. The Hall–Kier alpha value is -2.40. The van der Waals surface area contributed by atoms with Crippen LogP contribution in [0.3, 0.4) is 0 Å². The molecule has 0 bridgehead atoms. The number of pyridine rings is 1. The Labute approximate surface area is 140 Å². The Balaban J connectivity index is 1.69. The molecule has 0 atom stereocenters. The molecule has 2 aromatic heterocycles. The van der Waals surface area contributed by atoms with E-state index >= 15 is 0 Å². The van der Waals surface area contributed by atoms with Crippen LogP contribution in [0.1, 0.15) is 12.5 Å². The summed E-state index contributed by atoms with van der Waals surface area (Å²) < 4.78 is 2.12. The molecule has 3 aromatic rings. The van der Waals surface area contributed by atoms with E-state index < -0.39 is 0 Å². The molecule has 4 nitrogen and oxygen atoms in total. The van der Waals surface area contributed by atoms with Crippen molar-refractivity contribution in [1.29, 1.82) is 0 Å². The van der Waals surface area contributed by atoms with Gasteiger partial charge in [-0.25, -0.2) is 0 Å². The molecule has 5 heteroatoms. The van der Waals surface area contributed by atoms with Crippen LogP contribution in [0.25, 0.3) is 17.5 Å². The third-order valence-electron chi connectivity index (χ3n) is 3.37.